The SMILES string of the molecule is Cc1cccc(C[C@@H](O)/C=C/[C@@H]2[C@H]3CC(CSCCCN(C)C(C)(C)C)=C[C@H]3C[C@H]2O)c1. The molecule has 0 heterocycles. The van der Waals surface area contributed by atoms with Crippen LogP contribution < -0.4 is 0 Å². The van der Waals surface area contributed by atoms with Crippen LogP contribution in [0.5, 0.6) is 0 Å². The molecule has 0 radical (unpaired) electrons. The Morgan fingerprint density at radius 2 is 2.06 bits per heavy atom. The van der Waals surface area contributed by atoms with Gasteiger partial charge >= 0.3 is 0 Å². The first kappa shape index (κ1) is 25.6. The molecule has 32 heavy (non-hydrogen) atoms. The van der Waals surface area contributed by atoms with Gasteiger partial charge in [-0.25, -0.2) is 0 Å². The highest BCUT2D eigenvalue weighted by Gasteiger charge is 2.43. The second-order valence-corrected chi connectivity index (χ2v) is 12.0. The fourth-order valence-electron chi connectivity index (χ4n) is 5.06. The maximum Gasteiger partial charge on any atom is 0.0761 e. The van der Waals surface area contributed by atoms with E-state index in [0.717, 1.165) is 30.7 Å². The van der Waals surface area contributed by atoms with Gasteiger partial charge in [0.25, 0.3) is 0 Å². The molecule has 3 nitrogen and oxygen atoms in total. The molecule has 4 heteroatoms. The lowest BCUT2D eigenvalue weighted by atomic mass is 9.89. The minimum Gasteiger partial charge on any atom is -0.392 e. The van der Waals surface area contributed by atoms with Crippen molar-refractivity contribution in [2.75, 3.05) is 25.1 Å². The summed E-state index contributed by atoms with van der Waals surface area (Å²) >= 11 is 2.05. The van der Waals surface area contributed by atoms with Crippen molar-refractivity contribution in [3.63, 3.8) is 0 Å². The Hall–Kier alpha value is -1.07. The highest BCUT2D eigenvalue weighted by Crippen LogP contribution is 2.47. The molecule has 0 spiro atoms. The van der Waals surface area contributed by atoms with Gasteiger partial charge in [0.05, 0.1) is 12.2 Å². The summed E-state index contributed by atoms with van der Waals surface area (Å²) in [5.41, 5.74) is 4.17. The fourth-order valence-corrected chi connectivity index (χ4v) is 6.01. The molecule has 3 rings (SSSR count). The van der Waals surface area contributed by atoms with Gasteiger partial charge in [0, 0.05) is 23.6 Å². The zero-order valence-corrected chi connectivity index (χ0v) is 21.4. The number of nitrogens with zero attached hydrogens (tertiary/aromatic N) is 1. The number of allylic oxidation sites excluding steroid dienone is 1. The van der Waals surface area contributed by atoms with Gasteiger partial charge in [0.1, 0.15) is 0 Å². The first-order valence-electron chi connectivity index (χ1n) is 12.2. The number of rotatable bonds is 10. The van der Waals surface area contributed by atoms with Crippen LogP contribution in [0.1, 0.15) is 51.2 Å². The minimum atomic E-state index is -0.501. The average molecular weight is 458 g/mol. The Balaban J connectivity index is 1.43. The van der Waals surface area contributed by atoms with Crippen LogP contribution in [0.4, 0.5) is 0 Å². The van der Waals surface area contributed by atoms with E-state index in [-0.39, 0.29) is 17.6 Å². The van der Waals surface area contributed by atoms with E-state index in [1.54, 1.807) is 5.57 Å². The normalized spacial score (nSPS) is 26.7. The topological polar surface area (TPSA) is 43.7 Å². The molecule has 0 aliphatic heterocycles. The zero-order chi connectivity index (χ0) is 23.3. The van der Waals surface area contributed by atoms with E-state index in [1.165, 1.54) is 17.7 Å². The standard InChI is InChI=1S/C28H43NO2S/c1-20-8-6-9-21(14-20)16-24(30)10-11-25-26-17-22(15-23(26)18-27(25)31)19-32-13-7-12-29(5)28(2,3)4/h6,8-11,14-15,23-27,30-31H,7,12-13,16-19H2,1-5H3/b11-10+/t23-,24-,25+,26-,27+/m0/s1. The Morgan fingerprint density at radius 1 is 1.28 bits per heavy atom. The van der Waals surface area contributed by atoms with Crippen molar-refractivity contribution >= 4 is 11.8 Å². The number of benzene rings is 1. The second-order valence-electron chi connectivity index (χ2n) is 10.9. The number of aliphatic hydroxyl groups is 2. The van der Waals surface area contributed by atoms with Crippen LogP contribution in [0.3, 0.4) is 0 Å². The van der Waals surface area contributed by atoms with Crippen LogP contribution in [0.2, 0.25) is 0 Å². The molecule has 0 bridgehead atoms. The summed E-state index contributed by atoms with van der Waals surface area (Å²) in [6.07, 6.45) is 9.47. The molecule has 2 aliphatic carbocycles. The molecule has 0 saturated heterocycles. The Kier molecular flexibility index (Phi) is 9.08. The Labute approximate surface area is 200 Å². The highest BCUT2D eigenvalue weighted by molar-refractivity contribution is 7.99. The molecule has 1 fully saturated rings. The molecule has 2 aliphatic rings. The van der Waals surface area contributed by atoms with E-state index in [0.29, 0.717) is 18.3 Å². The van der Waals surface area contributed by atoms with Gasteiger partial charge in [0.2, 0.25) is 0 Å². The summed E-state index contributed by atoms with van der Waals surface area (Å²) < 4.78 is 0. The van der Waals surface area contributed by atoms with Gasteiger partial charge in [-0.15, -0.1) is 0 Å². The lowest BCUT2D eigenvalue weighted by Crippen LogP contribution is -2.38. The molecule has 1 saturated carbocycles. The molecule has 0 unspecified atom stereocenters. The molecule has 2 N–H and O–H groups in total. The average Bonchev–Trinajstić information content (AvgIpc) is 3.21. The maximum absolute atomic E-state index is 10.6. The van der Waals surface area contributed by atoms with Crippen LogP contribution in [0, 0.1) is 24.7 Å². The molecular formula is C28H43NO2S. The van der Waals surface area contributed by atoms with Crippen LogP contribution in [-0.4, -0.2) is 58.0 Å². The number of hydrogen-bond donors (Lipinski definition) is 2. The van der Waals surface area contributed by atoms with Gasteiger partial charge in [-0.05, 0) is 83.7 Å². The lowest BCUT2D eigenvalue weighted by Gasteiger charge is -2.31. The highest BCUT2D eigenvalue weighted by atomic mass is 32.2. The third-order valence-electron chi connectivity index (χ3n) is 7.25. The van der Waals surface area contributed by atoms with E-state index in [9.17, 15) is 10.2 Å². The number of fused-ring (bicyclic) bond motifs is 1. The maximum atomic E-state index is 10.6. The van der Waals surface area contributed by atoms with Crippen molar-refractivity contribution in [1.29, 1.82) is 0 Å². The quantitative estimate of drug-likeness (QED) is 0.372. The van der Waals surface area contributed by atoms with E-state index in [4.69, 9.17) is 0 Å². The summed E-state index contributed by atoms with van der Waals surface area (Å²) in [5, 5.41) is 21.1. The molecule has 5 atom stereocenters. The van der Waals surface area contributed by atoms with E-state index >= 15 is 0 Å². The van der Waals surface area contributed by atoms with Crippen molar-refractivity contribution in [2.45, 2.75) is 71.1 Å². The summed E-state index contributed by atoms with van der Waals surface area (Å²) in [7, 11) is 2.21. The zero-order valence-electron chi connectivity index (χ0n) is 20.6. The van der Waals surface area contributed by atoms with Crippen LogP contribution >= 0.6 is 11.8 Å². The predicted octanol–water partition coefficient (Wildman–Crippen LogP) is 5.25. The fraction of sp³-hybridized carbons (Fsp3) is 0.643. The Bertz CT molecular complexity index is 797. The number of thioether (sulfide) groups is 1. The van der Waals surface area contributed by atoms with Gasteiger partial charge in [-0.3, -0.25) is 0 Å². The second kappa shape index (κ2) is 11.4. The summed E-state index contributed by atoms with van der Waals surface area (Å²) in [4.78, 5) is 2.43. The van der Waals surface area contributed by atoms with Crippen LogP contribution in [-0.2, 0) is 6.42 Å². The van der Waals surface area contributed by atoms with Crippen molar-refractivity contribution in [1.82, 2.24) is 4.90 Å². The first-order valence-corrected chi connectivity index (χ1v) is 13.4. The van der Waals surface area contributed by atoms with E-state index in [1.807, 2.05) is 23.9 Å². The smallest absolute Gasteiger partial charge is 0.0761 e. The van der Waals surface area contributed by atoms with Crippen molar-refractivity contribution in [3.05, 3.63) is 59.2 Å². The molecule has 178 valence electrons. The predicted molar refractivity (Wildman–Crippen MR) is 138 cm³/mol. The van der Waals surface area contributed by atoms with Crippen molar-refractivity contribution in [3.8, 4) is 0 Å². The monoisotopic (exact) mass is 457 g/mol. The Morgan fingerprint density at radius 3 is 2.78 bits per heavy atom. The third kappa shape index (κ3) is 7.21. The van der Waals surface area contributed by atoms with Gasteiger partial charge in [-0.2, -0.15) is 11.8 Å². The van der Waals surface area contributed by atoms with E-state index in [2.05, 4.69) is 70.0 Å². The van der Waals surface area contributed by atoms with E-state index < -0.39 is 6.10 Å². The summed E-state index contributed by atoms with van der Waals surface area (Å²) in [6.45, 7) is 10.0. The largest absolute Gasteiger partial charge is 0.392 e. The van der Waals surface area contributed by atoms with Gasteiger partial charge < -0.3 is 15.1 Å². The van der Waals surface area contributed by atoms with Crippen molar-refractivity contribution in [2.24, 2.45) is 17.8 Å². The number of hydrogen-bond acceptors (Lipinski definition) is 4. The van der Waals surface area contributed by atoms with Gasteiger partial charge in [0.15, 0.2) is 0 Å². The summed E-state index contributed by atoms with van der Waals surface area (Å²) in [6, 6.07) is 8.31. The number of aliphatic hydroxyl groups excluding tert-OH is 2. The molecule has 0 aromatic heterocycles. The third-order valence-corrected chi connectivity index (χ3v) is 8.40. The minimum absolute atomic E-state index is 0.159. The first-order chi connectivity index (χ1) is 15.1. The number of aryl methyl sites for hydroxylation is 1. The molecule has 0 amide bonds. The molecule has 1 aromatic carbocycles. The van der Waals surface area contributed by atoms with Crippen LogP contribution in [0.15, 0.2) is 48.1 Å². The summed E-state index contributed by atoms with van der Waals surface area (Å²) in [5.74, 6) is 3.47. The molecular weight excluding hydrogens is 414 g/mol. The van der Waals surface area contributed by atoms with Crippen molar-refractivity contribution < 1.29 is 10.2 Å². The van der Waals surface area contributed by atoms with Crippen LogP contribution in [0.25, 0.3) is 0 Å². The van der Waals surface area contributed by atoms with Gasteiger partial charge in [-0.1, -0.05) is 53.6 Å². The lowest BCUT2D eigenvalue weighted by molar-refractivity contribution is 0.140. The molecule has 1 aromatic rings.